The van der Waals surface area contributed by atoms with Crippen molar-refractivity contribution in [3.8, 4) is 0 Å². The number of hydrogen-bond acceptors (Lipinski definition) is 2. The van der Waals surface area contributed by atoms with E-state index in [9.17, 15) is 8.42 Å². The van der Waals surface area contributed by atoms with Crippen molar-refractivity contribution in [3.05, 3.63) is 6.92 Å². The minimum absolute atomic E-state index is 0.276. The summed E-state index contributed by atoms with van der Waals surface area (Å²) in [5, 5.41) is 0. The monoisotopic (exact) mass is 176 g/mol. The second kappa shape index (κ2) is 3.11. The predicted molar refractivity (Wildman–Crippen MR) is 44.5 cm³/mol. The number of sulfonamides is 1. The Bertz CT molecular complexity index is 223. The average Bonchev–Trinajstić information content (AvgIpc) is 1.86. The van der Waals surface area contributed by atoms with Gasteiger partial charge in [0.25, 0.3) is 0 Å². The Morgan fingerprint density at radius 2 is 2.18 bits per heavy atom. The first kappa shape index (κ1) is 9.00. The molecule has 1 aliphatic heterocycles. The molecule has 1 atom stereocenters. The van der Waals surface area contributed by atoms with Crippen molar-refractivity contribution in [2.75, 3.05) is 19.3 Å². The third kappa shape index (κ3) is 2.45. The van der Waals surface area contributed by atoms with Crippen LogP contribution in [0.5, 0.6) is 0 Å². The van der Waals surface area contributed by atoms with Gasteiger partial charge in [-0.3, -0.25) is 0 Å². The summed E-state index contributed by atoms with van der Waals surface area (Å²) in [7, 11) is -2.97. The summed E-state index contributed by atoms with van der Waals surface area (Å²) in [5.41, 5.74) is 0. The zero-order chi connectivity index (χ0) is 8.48. The first-order chi connectivity index (χ1) is 5.00. The van der Waals surface area contributed by atoms with Gasteiger partial charge < -0.3 is 0 Å². The van der Waals surface area contributed by atoms with Crippen LogP contribution in [0.25, 0.3) is 0 Å². The van der Waals surface area contributed by atoms with Gasteiger partial charge >= 0.3 is 0 Å². The number of hydrogen-bond donors (Lipinski definition) is 0. The van der Waals surface area contributed by atoms with Crippen LogP contribution in [-0.4, -0.2) is 32.1 Å². The molecular weight excluding hydrogens is 162 g/mol. The fourth-order valence-electron chi connectivity index (χ4n) is 1.33. The molecule has 1 rings (SSSR count). The summed E-state index contributed by atoms with van der Waals surface area (Å²) in [6.07, 6.45) is 3.25. The van der Waals surface area contributed by atoms with E-state index in [2.05, 4.69) is 6.92 Å². The molecule has 65 valence electrons. The molecule has 0 aliphatic carbocycles. The molecule has 0 bridgehead atoms. The standard InChI is InChI=1S/C7H14NO2S/c1-7-4-3-5-8(6-7)11(2,9)10/h7H,1,3-6H2,2H3. The maximum atomic E-state index is 11.0. The lowest BCUT2D eigenvalue weighted by molar-refractivity contribution is 0.301. The van der Waals surface area contributed by atoms with Gasteiger partial charge in [0.05, 0.1) is 6.26 Å². The van der Waals surface area contributed by atoms with Gasteiger partial charge in [0.15, 0.2) is 0 Å². The highest BCUT2D eigenvalue weighted by molar-refractivity contribution is 7.88. The maximum Gasteiger partial charge on any atom is 0.211 e. The Kier molecular flexibility index (Phi) is 2.54. The quantitative estimate of drug-likeness (QED) is 0.583. The molecule has 0 saturated carbocycles. The SMILES string of the molecule is [CH2]C1CCCN(S(C)(=O)=O)C1. The van der Waals surface area contributed by atoms with Crippen LogP contribution in [0.1, 0.15) is 12.8 Å². The highest BCUT2D eigenvalue weighted by Gasteiger charge is 2.22. The van der Waals surface area contributed by atoms with E-state index in [1.54, 1.807) is 0 Å². The predicted octanol–water partition coefficient (Wildman–Crippen LogP) is 0.492. The maximum absolute atomic E-state index is 11.0. The van der Waals surface area contributed by atoms with Crippen molar-refractivity contribution < 1.29 is 8.42 Å². The van der Waals surface area contributed by atoms with Crippen molar-refractivity contribution in [1.29, 1.82) is 0 Å². The number of piperidine rings is 1. The molecular formula is C7H14NO2S. The van der Waals surface area contributed by atoms with Crippen LogP contribution >= 0.6 is 0 Å². The third-order valence-electron chi connectivity index (χ3n) is 1.95. The van der Waals surface area contributed by atoms with Crippen molar-refractivity contribution in [1.82, 2.24) is 4.31 Å². The van der Waals surface area contributed by atoms with E-state index < -0.39 is 10.0 Å². The summed E-state index contributed by atoms with van der Waals surface area (Å²) in [6, 6.07) is 0. The second-order valence-corrected chi connectivity index (χ2v) is 5.11. The van der Waals surface area contributed by atoms with Gasteiger partial charge in [-0.15, -0.1) is 0 Å². The van der Waals surface area contributed by atoms with E-state index >= 15 is 0 Å². The summed E-state index contributed by atoms with van der Waals surface area (Å²) < 4.78 is 23.6. The summed E-state index contributed by atoms with van der Waals surface area (Å²) in [6.45, 7) is 5.12. The Hall–Kier alpha value is -0.0900. The lowest BCUT2D eigenvalue weighted by Crippen LogP contribution is -2.38. The molecule has 1 aliphatic rings. The molecule has 0 amide bonds. The van der Waals surface area contributed by atoms with Crippen LogP contribution in [0.15, 0.2) is 0 Å². The molecule has 4 heteroatoms. The molecule has 1 radical (unpaired) electrons. The molecule has 1 heterocycles. The Labute approximate surface area is 68.4 Å². The zero-order valence-electron chi connectivity index (χ0n) is 6.78. The lowest BCUT2D eigenvalue weighted by Gasteiger charge is -2.28. The molecule has 0 N–H and O–H groups in total. The van der Waals surface area contributed by atoms with Crippen LogP contribution in [0.2, 0.25) is 0 Å². The molecule has 1 unspecified atom stereocenters. The molecule has 11 heavy (non-hydrogen) atoms. The van der Waals surface area contributed by atoms with Crippen molar-refractivity contribution in [3.63, 3.8) is 0 Å². The van der Waals surface area contributed by atoms with Gasteiger partial charge in [-0.2, -0.15) is 0 Å². The molecule has 0 aromatic rings. The largest absolute Gasteiger partial charge is 0.213 e. The fraction of sp³-hybridized carbons (Fsp3) is 0.857. The van der Waals surface area contributed by atoms with E-state index in [1.165, 1.54) is 10.6 Å². The summed E-state index contributed by atoms with van der Waals surface area (Å²) >= 11 is 0. The average molecular weight is 176 g/mol. The molecule has 3 nitrogen and oxygen atoms in total. The van der Waals surface area contributed by atoms with Crippen LogP contribution < -0.4 is 0 Å². The lowest BCUT2D eigenvalue weighted by atomic mass is 10.0. The second-order valence-electron chi connectivity index (χ2n) is 3.13. The Balaban J connectivity index is 2.60. The van der Waals surface area contributed by atoms with Gasteiger partial charge in [0, 0.05) is 13.1 Å². The van der Waals surface area contributed by atoms with Gasteiger partial charge in [-0.1, -0.05) is 0 Å². The van der Waals surface area contributed by atoms with E-state index in [0.717, 1.165) is 12.8 Å². The Morgan fingerprint density at radius 1 is 1.55 bits per heavy atom. The van der Waals surface area contributed by atoms with Crippen molar-refractivity contribution in [2.45, 2.75) is 12.8 Å². The molecule has 0 aromatic heterocycles. The summed E-state index contributed by atoms with van der Waals surface area (Å²) in [4.78, 5) is 0. The van der Waals surface area contributed by atoms with Crippen LogP contribution in [-0.2, 0) is 10.0 Å². The number of rotatable bonds is 1. The third-order valence-corrected chi connectivity index (χ3v) is 3.22. The molecule has 0 spiro atoms. The smallest absolute Gasteiger partial charge is 0.211 e. The van der Waals surface area contributed by atoms with Crippen molar-refractivity contribution >= 4 is 10.0 Å². The van der Waals surface area contributed by atoms with E-state index in [0.29, 0.717) is 13.1 Å². The fourth-order valence-corrected chi connectivity index (χ4v) is 2.27. The van der Waals surface area contributed by atoms with Crippen LogP contribution in [0, 0.1) is 12.8 Å². The molecule has 1 fully saturated rings. The minimum atomic E-state index is -2.97. The first-order valence-corrected chi connectivity index (χ1v) is 5.63. The van der Waals surface area contributed by atoms with Crippen LogP contribution in [0.4, 0.5) is 0 Å². The zero-order valence-corrected chi connectivity index (χ0v) is 7.60. The highest BCUT2D eigenvalue weighted by Crippen LogP contribution is 2.16. The normalized spacial score (nSPS) is 28.7. The minimum Gasteiger partial charge on any atom is -0.213 e. The van der Waals surface area contributed by atoms with Crippen LogP contribution in [0.3, 0.4) is 0 Å². The van der Waals surface area contributed by atoms with E-state index in [4.69, 9.17) is 0 Å². The van der Waals surface area contributed by atoms with Gasteiger partial charge in [-0.25, -0.2) is 12.7 Å². The first-order valence-electron chi connectivity index (χ1n) is 3.78. The topological polar surface area (TPSA) is 37.4 Å². The van der Waals surface area contributed by atoms with E-state index in [1.807, 2.05) is 0 Å². The van der Waals surface area contributed by atoms with Gasteiger partial charge in [0.1, 0.15) is 0 Å². The number of nitrogens with zero attached hydrogens (tertiary/aromatic N) is 1. The summed E-state index contributed by atoms with van der Waals surface area (Å²) in [5.74, 6) is 0.276. The highest BCUT2D eigenvalue weighted by atomic mass is 32.2. The van der Waals surface area contributed by atoms with Crippen molar-refractivity contribution in [2.24, 2.45) is 5.92 Å². The molecule has 0 aromatic carbocycles. The van der Waals surface area contributed by atoms with Gasteiger partial charge in [0.2, 0.25) is 10.0 Å². The molecule has 1 saturated heterocycles. The Morgan fingerprint density at radius 3 is 2.55 bits per heavy atom. The van der Waals surface area contributed by atoms with Gasteiger partial charge in [-0.05, 0) is 25.7 Å². The van der Waals surface area contributed by atoms with E-state index in [-0.39, 0.29) is 5.92 Å².